The van der Waals surface area contributed by atoms with Gasteiger partial charge in [0.2, 0.25) is 5.91 Å². The number of rotatable bonds is 3. The van der Waals surface area contributed by atoms with Crippen LogP contribution < -0.4 is 10.5 Å². The summed E-state index contributed by atoms with van der Waals surface area (Å²) in [7, 11) is 1.63. The average molecular weight is 351 g/mol. The number of fused-ring (bicyclic) bond motifs is 1. The summed E-state index contributed by atoms with van der Waals surface area (Å²) < 4.78 is 3.31. The molecule has 1 aliphatic rings. The summed E-state index contributed by atoms with van der Waals surface area (Å²) in [6.45, 7) is 3.04. The number of carbonyl (C=O) groups excluding carboxylic acids is 1. The molecule has 2 aromatic heterocycles. The molecule has 0 atom stereocenters. The first-order valence-corrected chi connectivity index (χ1v) is 8.72. The third-order valence-corrected chi connectivity index (χ3v) is 4.94. The molecule has 7 nitrogen and oxygen atoms in total. The van der Waals surface area contributed by atoms with Crippen molar-refractivity contribution in [1.82, 2.24) is 19.2 Å². The van der Waals surface area contributed by atoms with Crippen molar-refractivity contribution in [3.63, 3.8) is 0 Å². The van der Waals surface area contributed by atoms with Gasteiger partial charge < -0.3 is 14.4 Å². The molecule has 0 saturated carbocycles. The molecule has 3 heterocycles. The number of amides is 1. The van der Waals surface area contributed by atoms with Gasteiger partial charge in [-0.1, -0.05) is 18.2 Å². The lowest BCUT2D eigenvalue weighted by Gasteiger charge is -2.36. The number of benzene rings is 1. The molecule has 0 radical (unpaired) electrons. The molecule has 1 aromatic carbocycles. The molecule has 1 fully saturated rings. The Morgan fingerprint density at radius 2 is 1.88 bits per heavy atom. The van der Waals surface area contributed by atoms with E-state index in [0.29, 0.717) is 32.7 Å². The average Bonchev–Trinajstić information content (AvgIpc) is 3.07. The zero-order valence-corrected chi connectivity index (χ0v) is 14.7. The van der Waals surface area contributed by atoms with E-state index in [2.05, 4.69) is 10.00 Å². The maximum Gasteiger partial charge on any atom is 0.268 e. The predicted octanol–water partition coefficient (Wildman–Crippen LogP) is 1.08. The highest BCUT2D eigenvalue weighted by Crippen LogP contribution is 2.16. The Labute approximate surface area is 151 Å². The van der Waals surface area contributed by atoms with Crippen LogP contribution in [0.25, 0.3) is 10.9 Å². The second-order valence-electron chi connectivity index (χ2n) is 6.55. The summed E-state index contributed by atoms with van der Waals surface area (Å²) in [5, 5.41) is 5.21. The van der Waals surface area contributed by atoms with Gasteiger partial charge in [-0.15, -0.1) is 0 Å². The van der Waals surface area contributed by atoms with Crippen molar-refractivity contribution in [1.29, 1.82) is 0 Å². The van der Waals surface area contributed by atoms with Crippen LogP contribution in [0, 0.1) is 0 Å². The van der Waals surface area contributed by atoms with Gasteiger partial charge in [-0.3, -0.25) is 9.59 Å². The first-order chi connectivity index (χ1) is 12.6. The highest BCUT2D eigenvalue weighted by atomic mass is 16.2. The van der Waals surface area contributed by atoms with Crippen LogP contribution in [0.15, 0.2) is 53.6 Å². The number of aromatic nitrogens is 3. The summed E-state index contributed by atoms with van der Waals surface area (Å²) in [5.74, 6) is 0.119. The molecule has 1 saturated heterocycles. The van der Waals surface area contributed by atoms with Crippen molar-refractivity contribution < 1.29 is 4.79 Å². The van der Waals surface area contributed by atoms with Crippen LogP contribution in [-0.2, 0) is 18.4 Å². The summed E-state index contributed by atoms with van der Waals surface area (Å²) in [6, 6.07) is 11.7. The van der Waals surface area contributed by atoms with E-state index in [1.165, 1.54) is 4.68 Å². The highest BCUT2D eigenvalue weighted by Gasteiger charge is 2.22. The number of carbonyl (C=O) groups is 1. The topological polar surface area (TPSA) is 63.4 Å². The lowest BCUT2D eigenvalue weighted by molar-refractivity contribution is -0.132. The minimum absolute atomic E-state index is 0.119. The third-order valence-electron chi connectivity index (χ3n) is 4.94. The highest BCUT2D eigenvalue weighted by molar-refractivity contribution is 5.83. The van der Waals surface area contributed by atoms with Gasteiger partial charge in [-0.05, 0) is 17.5 Å². The maximum absolute atomic E-state index is 12.7. The number of aryl methyl sites for hydroxylation is 1. The summed E-state index contributed by atoms with van der Waals surface area (Å²) in [5.41, 5.74) is 1.77. The molecule has 4 rings (SSSR count). The number of para-hydroxylation sites is 1. The van der Waals surface area contributed by atoms with Crippen molar-refractivity contribution in [2.24, 2.45) is 7.05 Å². The molecule has 26 heavy (non-hydrogen) atoms. The lowest BCUT2D eigenvalue weighted by Crippen LogP contribution is -2.49. The van der Waals surface area contributed by atoms with Crippen LogP contribution in [0.4, 0.5) is 5.69 Å². The van der Waals surface area contributed by atoms with E-state index >= 15 is 0 Å². The largest absolute Gasteiger partial charge is 0.367 e. The Bertz CT molecular complexity index is 998. The van der Waals surface area contributed by atoms with Gasteiger partial charge in [0.25, 0.3) is 5.56 Å². The standard InChI is InChI=1S/C19H21N5O2/c1-21-18(25)12-16(13-20-21)22-8-10-23(11-9-22)19(26)14-24-7-6-15-4-2-3-5-17(15)24/h2-7,12-13H,8-11,14H2,1H3. The monoisotopic (exact) mass is 351 g/mol. The molecule has 134 valence electrons. The number of hydrogen-bond donors (Lipinski definition) is 0. The third kappa shape index (κ3) is 3.08. The molecular weight excluding hydrogens is 330 g/mol. The van der Waals surface area contributed by atoms with E-state index in [9.17, 15) is 9.59 Å². The number of hydrogen-bond acceptors (Lipinski definition) is 4. The molecule has 1 amide bonds. The second kappa shape index (κ2) is 6.67. The van der Waals surface area contributed by atoms with Crippen LogP contribution in [0.3, 0.4) is 0 Å². The van der Waals surface area contributed by atoms with Crippen LogP contribution in [0.2, 0.25) is 0 Å². The number of nitrogens with zero attached hydrogens (tertiary/aromatic N) is 5. The fourth-order valence-corrected chi connectivity index (χ4v) is 3.37. The molecule has 0 unspecified atom stereocenters. The first-order valence-electron chi connectivity index (χ1n) is 8.72. The summed E-state index contributed by atoms with van der Waals surface area (Å²) >= 11 is 0. The molecule has 0 N–H and O–H groups in total. The smallest absolute Gasteiger partial charge is 0.268 e. The predicted molar refractivity (Wildman–Crippen MR) is 100 cm³/mol. The van der Waals surface area contributed by atoms with Crippen molar-refractivity contribution in [3.05, 3.63) is 59.1 Å². The lowest BCUT2D eigenvalue weighted by atomic mass is 10.2. The van der Waals surface area contributed by atoms with Crippen molar-refractivity contribution in [3.8, 4) is 0 Å². The van der Waals surface area contributed by atoms with E-state index in [1.807, 2.05) is 46.0 Å². The molecule has 0 bridgehead atoms. The quantitative estimate of drug-likeness (QED) is 0.708. The Morgan fingerprint density at radius 3 is 2.65 bits per heavy atom. The molecule has 7 heteroatoms. The minimum Gasteiger partial charge on any atom is -0.367 e. The molecule has 0 spiro atoms. The fourth-order valence-electron chi connectivity index (χ4n) is 3.37. The molecule has 3 aromatic rings. The second-order valence-corrected chi connectivity index (χ2v) is 6.55. The normalized spacial score (nSPS) is 14.8. The zero-order chi connectivity index (χ0) is 18.1. The van der Waals surface area contributed by atoms with E-state index in [0.717, 1.165) is 16.6 Å². The Balaban J connectivity index is 1.40. The Hall–Kier alpha value is -3.09. The van der Waals surface area contributed by atoms with Gasteiger partial charge in [-0.2, -0.15) is 5.10 Å². The fraction of sp³-hybridized carbons (Fsp3) is 0.316. The van der Waals surface area contributed by atoms with E-state index < -0.39 is 0 Å². The number of anilines is 1. The van der Waals surface area contributed by atoms with Crippen LogP contribution in [0.5, 0.6) is 0 Å². The van der Waals surface area contributed by atoms with E-state index in [1.54, 1.807) is 19.3 Å². The van der Waals surface area contributed by atoms with E-state index in [4.69, 9.17) is 0 Å². The van der Waals surface area contributed by atoms with Gasteiger partial charge in [0.15, 0.2) is 0 Å². The van der Waals surface area contributed by atoms with Gasteiger partial charge in [0.1, 0.15) is 6.54 Å². The minimum atomic E-state index is -0.125. The molecule has 0 aliphatic carbocycles. The van der Waals surface area contributed by atoms with Gasteiger partial charge in [-0.25, -0.2) is 4.68 Å². The van der Waals surface area contributed by atoms with Crippen molar-refractivity contribution >= 4 is 22.5 Å². The van der Waals surface area contributed by atoms with Gasteiger partial charge in [0, 0.05) is 51.0 Å². The van der Waals surface area contributed by atoms with Gasteiger partial charge in [0.05, 0.1) is 11.9 Å². The maximum atomic E-state index is 12.7. The molecule has 1 aliphatic heterocycles. The van der Waals surface area contributed by atoms with E-state index in [-0.39, 0.29) is 11.5 Å². The van der Waals surface area contributed by atoms with Crippen molar-refractivity contribution in [2.45, 2.75) is 6.54 Å². The zero-order valence-electron chi connectivity index (χ0n) is 14.7. The van der Waals surface area contributed by atoms with Crippen LogP contribution >= 0.6 is 0 Å². The number of piperazine rings is 1. The SMILES string of the molecule is Cn1ncc(N2CCN(C(=O)Cn3ccc4ccccc43)CC2)cc1=O. The Morgan fingerprint density at radius 1 is 1.12 bits per heavy atom. The Kier molecular flexibility index (Phi) is 4.20. The van der Waals surface area contributed by atoms with Gasteiger partial charge >= 0.3 is 0 Å². The first kappa shape index (κ1) is 16.4. The van der Waals surface area contributed by atoms with Crippen LogP contribution in [-0.4, -0.2) is 51.3 Å². The molecular formula is C19H21N5O2. The van der Waals surface area contributed by atoms with Crippen LogP contribution in [0.1, 0.15) is 0 Å². The van der Waals surface area contributed by atoms with Crippen molar-refractivity contribution in [2.75, 3.05) is 31.1 Å². The summed E-state index contributed by atoms with van der Waals surface area (Å²) in [4.78, 5) is 28.4. The summed E-state index contributed by atoms with van der Waals surface area (Å²) in [6.07, 6.45) is 3.66.